The fourth-order valence-electron chi connectivity index (χ4n) is 2.11. The van der Waals surface area contributed by atoms with Gasteiger partial charge >= 0.3 is 6.03 Å². The van der Waals surface area contributed by atoms with Gasteiger partial charge in [-0.3, -0.25) is 0 Å². The Morgan fingerprint density at radius 1 is 1.18 bits per heavy atom. The number of hydrogen-bond donors (Lipinski definition) is 2. The molecular formula is C17H19FN2O2. The average Bonchev–Trinajstić information content (AvgIpc) is 2.48. The standard InChI is InChI=1S/C17H19FN2O2/c1-11-4-7-16(12(2)8-11)22-10-13-9-14(18)5-6-15(13)20-17(21)19-3/h4-9H,10H2,1-3H3,(H2,19,20,21). The van der Waals surface area contributed by atoms with Crippen molar-refractivity contribution < 1.29 is 13.9 Å². The van der Waals surface area contributed by atoms with Gasteiger partial charge in [0.15, 0.2) is 0 Å². The van der Waals surface area contributed by atoms with Crippen LogP contribution in [0.5, 0.6) is 5.75 Å². The molecule has 0 saturated heterocycles. The van der Waals surface area contributed by atoms with E-state index in [1.807, 2.05) is 32.0 Å². The van der Waals surface area contributed by atoms with Gasteiger partial charge in [0.2, 0.25) is 0 Å². The topological polar surface area (TPSA) is 50.4 Å². The maximum atomic E-state index is 13.4. The molecule has 0 saturated carbocycles. The Hall–Kier alpha value is -2.56. The average molecular weight is 302 g/mol. The summed E-state index contributed by atoms with van der Waals surface area (Å²) in [5, 5.41) is 5.11. The minimum Gasteiger partial charge on any atom is -0.489 e. The van der Waals surface area contributed by atoms with E-state index >= 15 is 0 Å². The lowest BCUT2D eigenvalue weighted by Crippen LogP contribution is -2.25. The van der Waals surface area contributed by atoms with Gasteiger partial charge in [-0.2, -0.15) is 0 Å². The first-order valence-corrected chi connectivity index (χ1v) is 6.97. The molecule has 5 heteroatoms. The molecule has 2 aromatic carbocycles. The zero-order valence-electron chi connectivity index (χ0n) is 12.9. The molecular weight excluding hydrogens is 283 g/mol. The van der Waals surface area contributed by atoms with E-state index in [2.05, 4.69) is 10.6 Å². The molecule has 0 aromatic heterocycles. The third-order valence-electron chi connectivity index (χ3n) is 3.26. The van der Waals surface area contributed by atoms with Crippen molar-refractivity contribution in [3.63, 3.8) is 0 Å². The van der Waals surface area contributed by atoms with Crippen molar-refractivity contribution in [1.29, 1.82) is 0 Å². The van der Waals surface area contributed by atoms with Crippen molar-refractivity contribution in [2.24, 2.45) is 0 Å². The maximum absolute atomic E-state index is 13.4. The van der Waals surface area contributed by atoms with E-state index in [1.165, 1.54) is 25.2 Å². The fourth-order valence-corrected chi connectivity index (χ4v) is 2.11. The number of ether oxygens (including phenoxy) is 1. The van der Waals surface area contributed by atoms with Crippen LogP contribution in [0, 0.1) is 19.7 Å². The molecule has 0 radical (unpaired) electrons. The molecule has 2 amide bonds. The molecule has 2 N–H and O–H groups in total. The third kappa shape index (κ3) is 3.97. The van der Waals surface area contributed by atoms with E-state index in [0.717, 1.165) is 16.9 Å². The van der Waals surface area contributed by atoms with E-state index < -0.39 is 0 Å². The molecule has 0 aliphatic carbocycles. The van der Waals surface area contributed by atoms with Crippen LogP contribution in [-0.2, 0) is 6.61 Å². The fraction of sp³-hybridized carbons (Fsp3) is 0.235. The van der Waals surface area contributed by atoms with Crippen LogP contribution < -0.4 is 15.4 Å². The van der Waals surface area contributed by atoms with Crippen LogP contribution in [0.2, 0.25) is 0 Å². The lowest BCUT2D eigenvalue weighted by atomic mass is 10.1. The van der Waals surface area contributed by atoms with Crippen molar-refractivity contribution in [1.82, 2.24) is 5.32 Å². The lowest BCUT2D eigenvalue weighted by Gasteiger charge is -2.14. The molecule has 116 valence electrons. The SMILES string of the molecule is CNC(=O)Nc1ccc(F)cc1COc1ccc(C)cc1C. The maximum Gasteiger partial charge on any atom is 0.318 e. The predicted octanol–water partition coefficient (Wildman–Crippen LogP) is 3.77. The molecule has 0 atom stereocenters. The molecule has 4 nitrogen and oxygen atoms in total. The summed E-state index contributed by atoms with van der Waals surface area (Å²) in [4.78, 5) is 11.4. The van der Waals surface area contributed by atoms with Gasteiger partial charge in [-0.05, 0) is 43.7 Å². The summed E-state index contributed by atoms with van der Waals surface area (Å²) >= 11 is 0. The molecule has 0 heterocycles. The molecule has 0 fully saturated rings. The van der Waals surface area contributed by atoms with Crippen LogP contribution in [0.15, 0.2) is 36.4 Å². The number of nitrogens with one attached hydrogen (secondary N) is 2. The normalized spacial score (nSPS) is 10.2. The Bertz CT molecular complexity index is 686. The number of amides is 2. The van der Waals surface area contributed by atoms with Crippen LogP contribution in [0.3, 0.4) is 0 Å². The second-order valence-corrected chi connectivity index (χ2v) is 5.06. The second kappa shape index (κ2) is 6.93. The van der Waals surface area contributed by atoms with Crippen LogP contribution in [0.4, 0.5) is 14.9 Å². The van der Waals surface area contributed by atoms with Gasteiger partial charge in [0, 0.05) is 18.3 Å². The lowest BCUT2D eigenvalue weighted by molar-refractivity contribution is 0.254. The number of rotatable bonds is 4. The number of carbonyl (C=O) groups excluding carboxylic acids is 1. The van der Waals surface area contributed by atoms with Crippen LogP contribution >= 0.6 is 0 Å². The molecule has 2 aromatic rings. The van der Waals surface area contributed by atoms with Gasteiger partial charge in [0.1, 0.15) is 18.2 Å². The van der Waals surface area contributed by atoms with E-state index in [1.54, 1.807) is 0 Å². The van der Waals surface area contributed by atoms with Crippen LogP contribution in [-0.4, -0.2) is 13.1 Å². The Morgan fingerprint density at radius 2 is 1.95 bits per heavy atom. The molecule has 0 unspecified atom stereocenters. The van der Waals surface area contributed by atoms with Gasteiger partial charge in [-0.1, -0.05) is 17.7 Å². The summed E-state index contributed by atoms with van der Waals surface area (Å²) in [7, 11) is 1.52. The zero-order chi connectivity index (χ0) is 16.1. The summed E-state index contributed by atoms with van der Waals surface area (Å²) in [5.41, 5.74) is 3.25. The molecule has 0 spiro atoms. The first-order valence-electron chi connectivity index (χ1n) is 6.97. The van der Waals surface area contributed by atoms with Crippen molar-refractivity contribution in [3.05, 3.63) is 58.9 Å². The summed E-state index contributed by atoms with van der Waals surface area (Å²) in [6.45, 7) is 4.13. The van der Waals surface area contributed by atoms with Gasteiger partial charge in [0.05, 0.1) is 0 Å². The number of aryl methyl sites for hydroxylation is 2. The molecule has 0 aliphatic heterocycles. The predicted molar refractivity (Wildman–Crippen MR) is 84.7 cm³/mol. The number of benzene rings is 2. The second-order valence-electron chi connectivity index (χ2n) is 5.06. The minimum atomic E-state index is -0.373. The van der Waals surface area contributed by atoms with Gasteiger partial charge in [-0.15, -0.1) is 0 Å². The quantitative estimate of drug-likeness (QED) is 0.903. The van der Waals surface area contributed by atoms with Gasteiger partial charge in [-0.25, -0.2) is 9.18 Å². The Morgan fingerprint density at radius 3 is 2.64 bits per heavy atom. The monoisotopic (exact) mass is 302 g/mol. The highest BCUT2D eigenvalue weighted by molar-refractivity contribution is 5.89. The van der Waals surface area contributed by atoms with Crippen LogP contribution in [0.25, 0.3) is 0 Å². The van der Waals surface area contributed by atoms with Crippen molar-refractivity contribution >= 4 is 11.7 Å². The molecule has 0 bridgehead atoms. The molecule has 0 aliphatic rings. The summed E-state index contributed by atoms with van der Waals surface area (Å²) < 4.78 is 19.2. The Labute approximate surface area is 129 Å². The Balaban J connectivity index is 2.17. The smallest absolute Gasteiger partial charge is 0.318 e. The van der Waals surface area contributed by atoms with Crippen molar-refractivity contribution in [3.8, 4) is 5.75 Å². The van der Waals surface area contributed by atoms with E-state index in [0.29, 0.717) is 11.3 Å². The third-order valence-corrected chi connectivity index (χ3v) is 3.26. The van der Waals surface area contributed by atoms with E-state index in [4.69, 9.17) is 4.74 Å². The summed E-state index contributed by atoms with van der Waals surface area (Å²) in [6.07, 6.45) is 0. The van der Waals surface area contributed by atoms with Crippen molar-refractivity contribution in [2.45, 2.75) is 20.5 Å². The highest BCUT2D eigenvalue weighted by atomic mass is 19.1. The number of carbonyl (C=O) groups is 1. The zero-order valence-corrected chi connectivity index (χ0v) is 12.9. The minimum absolute atomic E-state index is 0.168. The van der Waals surface area contributed by atoms with Gasteiger partial charge < -0.3 is 15.4 Å². The highest BCUT2D eigenvalue weighted by Crippen LogP contribution is 2.23. The number of urea groups is 1. The largest absolute Gasteiger partial charge is 0.489 e. The number of halogens is 1. The van der Waals surface area contributed by atoms with E-state index in [-0.39, 0.29) is 18.5 Å². The molecule has 22 heavy (non-hydrogen) atoms. The summed E-state index contributed by atoms with van der Waals surface area (Å²) in [5.74, 6) is 0.363. The first kappa shape index (κ1) is 15.8. The van der Waals surface area contributed by atoms with E-state index in [9.17, 15) is 9.18 Å². The van der Waals surface area contributed by atoms with Gasteiger partial charge in [0.25, 0.3) is 0 Å². The van der Waals surface area contributed by atoms with Crippen LogP contribution in [0.1, 0.15) is 16.7 Å². The number of anilines is 1. The molecule has 2 rings (SSSR count). The Kier molecular flexibility index (Phi) is 4.99. The number of hydrogen-bond acceptors (Lipinski definition) is 2. The highest BCUT2D eigenvalue weighted by Gasteiger charge is 2.09. The van der Waals surface area contributed by atoms with Crippen molar-refractivity contribution in [2.75, 3.05) is 12.4 Å². The summed E-state index contributed by atoms with van der Waals surface area (Å²) in [6, 6.07) is 9.67. The first-order chi connectivity index (χ1) is 10.5.